The molecule has 1 saturated heterocycles. The van der Waals surface area contributed by atoms with Gasteiger partial charge in [-0.3, -0.25) is 14.4 Å². The van der Waals surface area contributed by atoms with Gasteiger partial charge in [0.15, 0.2) is 6.10 Å². The van der Waals surface area contributed by atoms with Gasteiger partial charge in [-0.2, -0.15) is 13.2 Å². The average molecular weight is 386 g/mol. The van der Waals surface area contributed by atoms with Gasteiger partial charge in [0.25, 0.3) is 5.91 Å². The van der Waals surface area contributed by atoms with Crippen LogP contribution in [-0.4, -0.2) is 41.4 Å². The number of likely N-dealkylation sites (tertiary alicyclic amines) is 1. The third kappa shape index (κ3) is 4.99. The third-order valence-electron chi connectivity index (χ3n) is 4.27. The Morgan fingerprint density at radius 3 is 2.41 bits per heavy atom. The summed E-state index contributed by atoms with van der Waals surface area (Å²) in [5.74, 6) is -2.48. The summed E-state index contributed by atoms with van der Waals surface area (Å²) in [6, 6.07) is 4.46. The van der Waals surface area contributed by atoms with Gasteiger partial charge >= 0.3 is 12.1 Å². The summed E-state index contributed by atoms with van der Waals surface area (Å²) in [5.41, 5.74) is -1.41. The molecule has 2 unspecified atom stereocenters. The summed E-state index contributed by atoms with van der Waals surface area (Å²) < 4.78 is 44.0. The molecule has 1 aliphatic rings. The zero-order valence-electron chi connectivity index (χ0n) is 15.2. The number of amides is 2. The molecule has 1 aromatic rings. The molecule has 0 bridgehead atoms. The highest BCUT2D eigenvalue weighted by Gasteiger charge is 2.38. The number of benzene rings is 1. The number of hydrogen-bond donors (Lipinski definition) is 1. The Bertz CT molecular complexity index is 734. The Balaban J connectivity index is 1.99. The van der Waals surface area contributed by atoms with Crippen molar-refractivity contribution in [3.8, 4) is 0 Å². The first kappa shape index (κ1) is 20.7. The molecule has 2 atom stereocenters. The van der Waals surface area contributed by atoms with Crippen LogP contribution in [0.15, 0.2) is 24.3 Å². The van der Waals surface area contributed by atoms with Crippen molar-refractivity contribution in [2.24, 2.45) is 5.92 Å². The maximum atomic E-state index is 13.0. The zero-order valence-corrected chi connectivity index (χ0v) is 15.2. The SMILES string of the molecule is CC(OC(=O)C1CC(=O)N(C(C)C)C1)C(=O)Nc1ccccc1C(F)(F)F. The lowest BCUT2D eigenvalue weighted by Gasteiger charge is -2.21. The third-order valence-corrected chi connectivity index (χ3v) is 4.27. The molecule has 148 valence electrons. The number of carbonyl (C=O) groups excluding carboxylic acids is 3. The van der Waals surface area contributed by atoms with E-state index in [1.807, 2.05) is 13.8 Å². The van der Waals surface area contributed by atoms with Crippen LogP contribution in [0.1, 0.15) is 32.8 Å². The number of rotatable bonds is 5. The monoisotopic (exact) mass is 386 g/mol. The van der Waals surface area contributed by atoms with Gasteiger partial charge in [0.1, 0.15) is 0 Å². The van der Waals surface area contributed by atoms with Crippen LogP contribution in [0.5, 0.6) is 0 Å². The molecular formula is C18H21F3N2O4. The van der Waals surface area contributed by atoms with E-state index in [1.165, 1.54) is 24.0 Å². The van der Waals surface area contributed by atoms with Gasteiger partial charge in [-0.15, -0.1) is 0 Å². The standard InChI is InChI=1S/C18H21F3N2O4/c1-10(2)23-9-12(8-15(23)24)17(26)27-11(3)16(25)22-14-7-5-4-6-13(14)18(19,20)21/h4-7,10-12H,8-9H2,1-3H3,(H,22,25). The molecule has 1 fully saturated rings. The van der Waals surface area contributed by atoms with Crippen LogP contribution in [0.2, 0.25) is 0 Å². The number of nitrogens with zero attached hydrogens (tertiary/aromatic N) is 1. The van der Waals surface area contributed by atoms with Crippen molar-refractivity contribution in [1.82, 2.24) is 4.90 Å². The van der Waals surface area contributed by atoms with E-state index in [1.54, 1.807) is 0 Å². The first-order chi connectivity index (χ1) is 12.5. The van der Waals surface area contributed by atoms with Crippen molar-refractivity contribution in [3.05, 3.63) is 29.8 Å². The minimum atomic E-state index is -4.63. The summed E-state index contributed by atoms with van der Waals surface area (Å²) in [6.07, 6.45) is -5.95. The van der Waals surface area contributed by atoms with Crippen molar-refractivity contribution in [3.63, 3.8) is 0 Å². The molecular weight excluding hydrogens is 365 g/mol. The highest BCUT2D eigenvalue weighted by Crippen LogP contribution is 2.34. The van der Waals surface area contributed by atoms with Crippen molar-refractivity contribution in [1.29, 1.82) is 0 Å². The largest absolute Gasteiger partial charge is 0.452 e. The summed E-state index contributed by atoms with van der Waals surface area (Å²) in [6.45, 7) is 5.10. The number of esters is 1. The van der Waals surface area contributed by atoms with E-state index in [0.29, 0.717) is 0 Å². The molecule has 2 rings (SSSR count). The van der Waals surface area contributed by atoms with Crippen molar-refractivity contribution >= 4 is 23.5 Å². The van der Waals surface area contributed by atoms with E-state index in [-0.39, 0.29) is 24.9 Å². The molecule has 2 amide bonds. The van der Waals surface area contributed by atoms with Crippen molar-refractivity contribution in [2.75, 3.05) is 11.9 Å². The highest BCUT2D eigenvalue weighted by molar-refractivity contribution is 5.96. The Labute approximate surface area is 154 Å². The topological polar surface area (TPSA) is 75.7 Å². The first-order valence-corrected chi connectivity index (χ1v) is 8.47. The van der Waals surface area contributed by atoms with Gasteiger partial charge in [-0.25, -0.2) is 0 Å². The maximum Gasteiger partial charge on any atom is 0.418 e. The number of anilines is 1. The maximum absolute atomic E-state index is 13.0. The fourth-order valence-corrected chi connectivity index (χ4v) is 2.79. The predicted molar refractivity (Wildman–Crippen MR) is 90.6 cm³/mol. The lowest BCUT2D eigenvalue weighted by Crippen LogP contribution is -2.35. The van der Waals surface area contributed by atoms with Gasteiger partial charge in [-0.05, 0) is 32.9 Å². The van der Waals surface area contributed by atoms with Crippen LogP contribution >= 0.6 is 0 Å². The molecule has 0 aromatic heterocycles. The van der Waals surface area contributed by atoms with Crippen LogP contribution in [0.3, 0.4) is 0 Å². The number of carbonyl (C=O) groups is 3. The second-order valence-electron chi connectivity index (χ2n) is 6.65. The number of halogens is 3. The van der Waals surface area contributed by atoms with Crippen LogP contribution < -0.4 is 5.32 Å². The molecule has 0 saturated carbocycles. The minimum Gasteiger partial charge on any atom is -0.452 e. The molecule has 1 N–H and O–H groups in total. The summed E-state index contributed by atoms with van der Waals surface area (Å²) in [4.78, 5) is 37.7. The normalized spacial score (nSPS) is 18.6. The van der Waals surface area contributed by atoms with Gasteiger partial charge < -0.3 is 15.0 Å². The molecule has 0 spiro atoms. The van der Waals surface area contributed by atoms with Crippen LogP contribution in [0.4, 0.5) is 18.9 Å². The van der Waals surface area contributed by atoms with Gasteiger partial charge in [0.05, 0.1) is 17.2 Å². The summed E-state index contributed by atoms with van der Waals surface area (Å²) in [7, 11) is 0. The second-order valence-corrected chi connectivity index (χ2v) is 6.65. The van der Waals surface area contributed by atoms with Crippen LogP contribution in [-0.2, 0) is 25.3 Å². The summed E-state index contributed by atoms with van der Waals surface area (Å²) >= 11 is 0. The average Bonchev–Trinajstić information content (AvgIpc) is 2.96. The van der Waals surface area contributed by atoms with E-state index in [2.05, 4.69) is 5.32 Å². The molecule has 1 aliphatic heterocycles. The fraction of sp³-hybridized carbons (Fsp3) is 0.500. The Hall–Kier alpha value is -2.58. The number of alkyl halides is 3. The molecule has 0 aliphatic carbocycles. The van der Waals surface area contributed by atoms with E-state index in [9.17, 15) is 27.6 Å². The zero-order chi connectivity index (χ0) is 20.4. The molecule has 1 heterocycles. The van der Waals surface area contributed by atoms with E-state index in [0.717, 1.165) is 12.1 Å². The van der Waals surface area contributed by atoms with E-state index in [4.69, 9.17) is 4.74 Å². The molecule has 27 heavy (non-hydrogen) atoms. The van der Waals surface area contributed by atoms with Crippen molar-refractivity contribution in [2.45, 2.75) is 45.5 Å². The predicted octanol–water partition coefficient (Wildman–Crippen LogP) is 2.83. The smallest absolute Gasteiger partial charge is 0.418 e. The van der Waals surface area contributed by atoms with Gasteiger partial charge in [0, 0.05) is 19.0 Å². The number of ether oxygens (including phenoxy) is 1. The lowest BCUT2D eigenvalue weighted by atomic mass is 10.1. The molecule has 6 nitrogen and oxygen atoms in total. The first-order valence-electron chi connectivity index (χ1n) is 8.47. The van der Waals surface area contributed by atoms with Gasteiger partial charge in [-0.1, -0.05) is 12.1 Å². The van der Waals surface area contributed by atoms with E-state index < -0.39 is 41.3 Å². The van der Waals surface area contributed by atoms with Crippen molar-refractivity contribution < 1.29 is 32.3 Å². The minimum absolute atomic E-state index is 0.0116. The Kier molecular flexibility index (Phi) is 6.12. The lowest BCUT2D eigenvalue weighted by molar-refractivity contribution is -0.157. The van der Waals surface area contributed by atoms with Gasteiger partial charge in [0.2, 0.25) is 5.91 Å². The second kappa shape index (κ2) is 7.98. The van der Waals surface area contributed by atoms with E-state index >= 15 is 0 Å². The Morgan fingerprint density at radius 2 is 1.85 bits per heavy atom. The van der Waals surface area contributed by atoms with Crippen LogP contribution in [0, 0.1) is 5.92 Å². The number of para-hydroxylation sites is 1. The molecule has 1 aromatic carbocycles. The number of hydrogen-bond acceptors (Lipinski definition) is 4. The highest BCUT2D eigenvalue weighted by atomic mass is 19.4. The Morgan fingerprint density at radius 1 is 1.22 bits per heavy atom. The number of nitrogens with one attached hydrogen (secondary N) is 1. The summed E-state index contributed by atoms with van der Waals surface area (Å²) in [5, 5.41) is 2.14. The fourth-order valence-electron chi connectivity index (χ4n) is 2.79. The molecule has 9 heteroatoms. The quantitative estimate of drug-likeness (QED) is 0.790. The molecule has 0 radical (unpaired) electrons. The van der Waals surface area contributed by atoms with Crippen LogP contribution in [0.25, 0.3) is 0 Å².